The molecule has 0 saturated carbocycles. The number of aryl methyl sites for hydroxylation is 2. The van der Waals surface area contributed by atoms with Gasteiger partial charge in [0.1, 0.15) is 11.8 Å². The number of para-hydroxylation sites is 1. The van der Waals surface area contributed by atoms with Crippen molar-refractivity contribution in [2.45, 2.75) is 26.8 Å². The molecule has 0 aliphatic carbocycles. The molecule has 0 fully saturated rings. The second-order valence-corrected chi connectivity index (χ2v) is 5.14. The molecule has 98 valence electrons. The minimum Gasteiger partial charge on any atom is -0.444 e. The van der Waals surface area contributed by atoms with Crippen molar-refractivity contribution in [1.29, 1.82) is 0 Å². The highest BCUT2D eigenvalue weighted by Crippen LogP contribution is 2.26. The van der Waals surface area contributed by atoms with Crippen molar-refractivity contribution < 1.29 is 4.42 Å². The van der Waals surface area contributed by atoms with E-state index in [-0.39, 0.29) is 6.04 Å². The topological polar surface area (TPSA) is 46.8 Å². The molecule has 5 heteroatoms. The summed E-state index contributed by atoms with van der Waals surface area (Å²) in [5.41, 5.74) is 3.33. The first kappa shape index (κ1) is 12.2. The minimum atomic E-state index is -0.0314. The number of nitrogens with zero attached hydrogens (tertiary/aromatic N) is 2. The monoisotopic (exact) mass is 273 g/mol. The Balaban J connectivity index is 2.25. The Kier molecular flexibility index (Phi) is 2.78. The van der Waals surface area contributed by atoms with Crippen LogP contribution in [0.15, 0.2) is 28.8 Å². The number of oxazole rings is 1. The van der Waals surface area contributed by atoms with Gasteiger partial charge in [-0.3, -0.25) is 0 Å². The number of rotatable bonds is 2. The average molecular weight is 273 g/mol. The van der Waals surface area contributed by atoms with Gasteiger partial charge in [-0.2, -0.15) is 0 Å². The van der Waals surface area contributed by atoms with Gasteiger partial charge >= 0.3 is 0 Å². The molecule has 4 nitrogen and oxygen atoms in total. The van der Waals surface area contributed by atoms with Crippen LogP contribution >= 0.6 is 12.2 Å². The summed E-state index contributed by atoms with van der Waals surface area (Å²) in [6.07, 6.45) is 1.73. The van der Waals surface area contributed by atoms with Crippen molar-refractivity contribution in [3.63, 3.8) is 0 Å². The van der Waals surface area contributed by atoms with Crippen LogP contribution in [0.3, 0.4) is 0 Å². The molecule has 0 radical (unpaired) electrons. The lowest BCUT2D eigenvalue weighted by atomic mass is 10.2. The third-order valence-electron chi connectivity index (χ3n) is 3.32. The summed E-state index contributed by atoms with van der Waals surface area (Å²) >= 11 is 5.43. The molecule has 0 spiro atoms. The van der Waals surface area contributed by atoms with Gasteiger partial charge in [0.2, 0.25) is 5.89 Å². The van der Waals surface area contributed by atoms with Crippen molar-refractivity contribution in [3.8, 4) is 0 Å². The minimum absolute atomic E-state index is 0.0314. The van der Waals surface area contributed by atoms with Crippen LogP contribution < -0.4 is 0 Å². The fourth-order valence-electron chi connectivity index (χ4n) is 2.40. The zero-order valence-electron chi connectivity index (χ0n) is 11.1. The van der Waals surface area contributed by atoms with Crippen LogP contribution in [0.5, 0.6) is 0 Å². The van der Waals surface area contributed by atoms with Gasteiger partial charge < -0.3 is 14.0 Å². The lowest BCUT2D eigenvalue weighted by molar-refractivity contribution is 0.417. The molecular formula is C14H15N3OS. The Labute approximate surface area is 116 Å². The maximum Gasteiger partial charge on any atom is 0.217 e. The smallest absolute Gasteiger partial charge is 0.217 e. The van der Waals surface area contributed by atoms with E-state index in [4.69, 9.17) is 16.6 Å². The SMILES string of the molecule is Cc1cnc(C(C)n2c(=S)[nH]c3cccc(C)c32)o1. The van der Waals surface area contributed by atoms with Gasteiger partial charge in [0.05, 0.1) is 17.2 Å². The van der Waals surface area contributed by atoms with Gasteiger partial charge in [-0.05, 0) is 44.6 Å². The highest BCUT2D eigenvalue weighted by atomic mass is 32.1. The third-order valence-corrected chi connectivity index (χ3v) is 3.62. The molecule has 0 saturated heterocycles. The molecule has 19 heavy (non-hydrogen) atoms. The molecule has 0 bridgehead atoms. The summed E-state index contributed by atoms with van der Waals surface area (Å²) in [6, 6.07) is 6.10. The van der Waals surface area contributed by atoms with E-state index < -0.39 is 0 Å². The average Bonchev–Trinajstić information content (AvgIpc) is 2.92. The highest BCUT2D eigenvalue weighted by molar-refractivity contribution is 7.71. The van der Waals surface area contributed by atoms with Gasteiger partial charge in [0, 0.05) is 0 Å². The number of imidazole rings is 1. The van der Waals surface area contributed by atoms with Gasteiger partial charge in [0.15, 0.2) is 4.77 Å². The zero-order valence-corrected chi connectivity index (χ0v) is 11.9. The Morgan fingerprint density at radius 1 is 1.37 bits per heavy atom. The lowest BCUT2D eigenvalue weighted by Gasteiger charge is -2.12. The fourth-order valence-corrected chi connectivity index (χ4v) is 2.76. The second-order valence-electron chi connectivity index (χ2n) is 4.76. The van der Waals surface area contributed by atoms with Gasteiger partial charge in [0.25, 0.3) is 0 Å². The van der Waals surface area contributed by atoms with E-state index in [2.05, 4.69) is 27.5 Å². The van der Waals surface area contributed by atoms with Gasteiger partial charge in [-0.25, -0.2) is 4.98 Å². The second kappa shape index (κ2) is 4.35. The van der Waals surface area contributed by atoms with Crippen LogP contribution in [-0.2, 0) is 0 Å². The Bertz CT molecular complexity index is 796. The van der Waals surface area contributed by atoms with Crippen LogP contribution in [0.1, 0.15) is 30.2 Å². The van der Waals surface area contributed by atoms with Crippen LogP contribution in [0.2, 0.25) is 0 Å². The number of nitrogens with one attached hydrogen (secondary N) is 1. The predicted octanol–water partition coefficient (Wildman–Crippen LogP) is 3.91. The van der Waals surface area contributed by atoms with Crippen LogP contribution in [0.4, 0.5) is 0 Å². The number of aromatic nitrogens is 3. The fraction of sp³-hybridized carbons (Fsp3) is 0.286. The molecule has 1 aromatic carbocycles. The molecule has 3 rings (SSSR count). The number of H-pyrrole nitrogens is 1. The molecule has 0 aliphatic rings. The number of aromatic amines is 1. The van der Waals surface area contributed by atoms with E-state index >= 15 is 0 Å². The first-order chi connectivity index (χ1) is 9.08. The quantitative estimate of drug-likeness (QED) is 0.720. The largest absolute Gasteiger partial charge is 0.444 e. The summed E-state index contributed by atoms with van der Waals surface area (Å²) in [5.74, 6) is 1.49. The number of hydrogen-bond acceptors (Lipinski definition) is 3. The molecule has 1 unspecified atom stereocenters. The highest BCUT2D eigenvalue weighted by Gasteiger charge is 2.18. The summed E-state index contributed by atoms with van der Waals surface area (Å²) < 4.78 is 8.37. The van der Waals surface area contributed by atoms with E-state index in [1.807, 2.05) is 26.0 Å². The van der Waals surface area contributed by atoms with Crippen molar-refractivity contribution in [2.75, 3.05) is 0 Å². The van der Waals surface area contributed by atoms with Gasteiger partial charge in [-0.1, -0.05) is 12.1 Å². The molecule has 1 N–H and O–H groups in total. The first-order valence-corrected chi connectivity index (χ1v) is 6.61. The molecular weight excluding hydrogens is 258 g/mol. The molecule has 0 aliphatic heterocycles. The number of hydrogen-bond donors (Lipinski definition) is 1. The van der Waals surface area contributed by atoms with Crippen molar-refractivity contribution >= 4 is 23.3 Å². The predicted molar refractivity (Wildman–Crippen MR) is 76.9 cm³/mol. The maximum absolute atomic E-state index is 5.62. The molecule has 3 aromatic rings. The molecule has 2 aromatic heterocycles. The third kappa shape index (κ3) is 1.90. The van der Waals surface area contributed by atoms with E-state index in [1.54, 1.807) is 6.20 Å². The summed E-state index contributed by atoms with van der Waals surface area (Å²) in [6.45, 7) is 6.01. The molecule has 0 amide bonds. The lowest BCUT2D eigenvalue weighted by Crippen LogP contribution is -2.07. The Hall–Kier alpha value is -1.88. The Morgan fingerprint density at radius 3 is 2.84 bits per heavy atom. The zero-order chi connectivity index (χ0) is 13.6. The van der Waals surface area contributed by atoms with Crippen LogP contribution in [0.25, 0.3) is 11.0 Å². The van der Waals surface area contributed by atoms with Crippen LogP contribution in [0, 0.1) is 18.6 Å². The molecule has 1 atom stereocenters. The summed E-state index contributed by atoms with van der Waals surface area (Å²) in [5, 5.41) is 0. The van der Waals surface area contributed by atoms with Crippen molar-refractivity contribution in [3.05, 3.63) is 46.4 Å². The molecule has 2 heterocycles. The standard InChI is InChI=1S/C14H15N3OS/c1-8-5-4-6-11-12(8)17(14(19)16-11)10(3)13-15-7-9(2)18-13/h4-7,10H,1-3H3,(H,16,19). The number of benzene rings is 1. The maximum atomic E-state index is 5.62. The van der Waals surface area contributed by atoms with Gasteiger partial charge in [-0.15, -0.1) is 0 Å². The van der Waals surface area contributed by atoms with Crippen molar-refractivity contribution in [2.24, 2.45) is 0 Å². The van der Waals surface area contributed by atoms with E-state index in [0.29, 0.717) is 10.7 Å². The summed E-state index contributed by atoms with van der Waals surface area (Å²) in [7, 11) is 0. The number of fused-ring (bicyclic) bond motifs is 1. The summed E-state index contributed by atoms with van der Waals surface area (Å²) in [4.78, 5) is 7.54. The van der Waals surface area contributed by atoms with E-state index in [9.17, 15) is 0 Å². The normalized spacial score (nSPS) is 13.0. The van der Waals surface area contributed by atoms with E-state index in [1.165, 1.54) is 5.56 Å². The Morgan fingerprint density at radius 2 is 2.16 bits per heavy atom. The van der Waals surface area contributed by atoms with Crippen molar-refractivity contribution in [1.82, 2.24) is 14.5 Å². The van der Waals surface area contributed by atoms with Crippen LogP contribution in [-0.4, -0.2) is 14.5 Å². The van der Waals surface area contributed by atoms with E-state index in [0.717, 1.165) is 16.8 Å². The first-order valence-electron chi connectivity index (χ1n) is 6.20.